The fraction of sp³-hybridized carbons (Fsp3) is 0.381. The molecule has 0 spiro atoms. The molecule has 2 aliphatic rings. The molecule has 1 atom stereocenters. The topological polar surface area (TPSA) is 75.7 Å². The lowest BCUT2D eigenvalue weighted by Crippen LogP contribution is -2.46. The minimum Gasteiger partial charge on any atom is -0.490 e. The standard InChI is InChI=1S/C21H24N2O4S/c1-15-13-17-14-16(7-8-20(17)27-15)21(24)22-18-9-11-23(12-10-18)28(25,26)19-5-3-2-4-6-19/h2-8,14-15,18H,9-13H2,1H3,(H,22,24)/t15-/m0/s1. The third-order valence-electron chi connectivity index (χ3n) is 5.33. The van der Waals surface area contributed by atoms with Crippen molar-refractivity contribution in [3.63, 3.8) is 0 Å². The molecule has 28 heavy (non-hydrogen) atoms. The van der Waals surface area contributed by atoms with Crippen LogP contribution in [0.4, 0.5) is 0 Å². The first-order valence-electron chi connectivity index (χ1n) is 9.59. The molecule has 0 radical (unpaired) electrons. The lowest BCUT2D eigenvalue weighted by atomic mass is 10.0. The Morgan fingerprint density at radius 2 is 1.82 bits per heavy atom. The van der Waals surface area contributed by atoms with E-state index in [0.717, 1.165) is 17.7 Å². The Balaban J connectivity index is 1.36. The van der Waals surface area contributed by atoms with Crippen LogP contribution in [0.2, 0.25) is 0 Å². The molecule has 1 N–H and O–H groups in total. The Morgan fingerprint density at radius 1 is 1.11 bits per heavy atom. The van der Waals surface area contributed by atoms with E-state index < -0.39 is 10.0 Å². The van der Waals surface area contributed by atoms with Gasteiger partial charge in [-0.05, 0) is 55.7 Å². The Kier molecular flexibility index (Phi) is 5.12. The second kappa shape index (κ2) is 7.56. The van der Waals surface area contributed by atoms with Crippen LogP contribution in [0.15, 0.2) is 53.4 Å². The van der Waals surface area contributed by atoms with E-state index in [1.807, 2.05) is 19.1 Å². The van der Waals surface area contributed by atoms with Crippen LogP contribution in [0.5, 0.6) is 5.75 Å². The smallest absolute Gasteiger partial charge is 0.251 e. The summed E-state index contributed by atoms with van der Waals surface area (Å²) in [6.45, 7) is 2.81. The monoisotopic (exact) mass is 400 g/mol. The van der Waals surface area contributed by atoms with Crippen LogP contribution < -0.4 is 10.1 Å². The Labute approximate surface area is 165 Å². The lowest BCUT2D eigenvalue weighted by molar-refractivity contribution is 0.0923. The third-order valence-corrected chi connectivity index (χ3v) is 7.24. The summed E-state index contributed by atoms with van der Waals surface area (Å²) in [5.74, 6) is 0.732. The van der Waals surface area contributed by atoms with E-state index in [-0.39, 0.29) is 18.1 Å². The van der Waals surface area contributed by atoms with Gasteiger partial charge < -0.3 is 10.1 Å². The average Bonchev–Trinajstić information content (AvgIpc) is 3.08. The fourth-order valence-corrected chi connectivity index (χ4v) is 5.30. The molecule has 0 saturated carbocycles. The predicted octanol–water partition coefficient (Wildman–Crippen LogP) is 2.59. The second-order valence-corrected chi connectivity index (χ2v) is 9.36. The molecule has 2 aromatic rings. The summed E-state index contributed by atoms with van der Waals surface area (Å²) in [5.41, 5.74) is 1.68. The average molecular weight is 401 g/mol. The number of carbonyl (C=O) groups is 1. The van der Waals surface area contributed by atoms with Crippen molar-refractivity contribution >= 4 is 15.9 Å². The number of fused-ring (bicyclic) bond motifs is 1. The maximum atomic E-state index is 12.7. The summed E-state index contributed by atoms with van der Waals surface area (Å²) in [5, 5.41) is 3.05. The first kappa shape index (κ1) is 19.0. The molecule has 148 valence electrons. The molecule has 1 amide bonds. The van der Waals surface area contributed by atoms with E-state index in [0.29, 0.717) is 36.4 Å². The van der Waals surface area contributed by atoms with Crippen LogP contribution in [0.1, 0.15) is 35.7 Å². The highest BCUT2D eigenvalue weighted by Gasteiger charge is 2.30. The molecule has 1 saturated heterocycles. The van der Waals surface area contributed by atoms with Gasteiger partial charge in [-0.3, -0.25) is 4.79 Å². The van der Waals surface area contributed by atoms with E-state index >= 15 is 0 Å². The first-order valence-corrected chi connectivity index (χ1v) is 11.0. The number of nitrogens with one attached hydrogen (secondary N) is 1. The van der Waals surface area contributed by atoms with Gasteiger partial charge in [0.25, 0.3) is 5.91 Å². The normalized spacial score (nSPS) is 20.4. The molecule has 0 unspecified atom stereocenters. The fourth-order valence-electron chi connectivity index (χ4n) is 3.81. The summed E-state index contributed by atoms with van der Waals surface area (Å²) < 4.78 is 32.6. The molecule has 1 fully saturated rings. The van der Waals surface area contributed by atoms with Crippen LogP contribution in [0.25, 0.3) is 0 Å². The summed E-state index contributed by atoms with van der Waals surface area (Å²) in [6, 6.07) is 14.0. The number of hydrogen-bond acceptors (Lipinski definition) is 4. The summed E-state index contributed by atoms with van der Waals surface area (Å²) in [4.78, 5) is 12.9. The van der Waals surface area contributed by atoms with E-state index in [9.17, 15) is 13.2 Å². The van der Waals surface area contributed by atoms with Gasteiger partial charge in [0.1, 0.15) is 11.9 Å². The van der Waals surface area contributed by atoms with Crippen LogP contribution >= 0.6 is 0 Å². The van der Waals surface area contributed by atoms with Gasteiger partial charge in [-0.2, -0.15) is 4.31 Å². The van der Waals surface area contributed by atoms with Gasteiger partial charge in [-0.15, -0.1) is 0 Å². The number of nitrogens with zero attached hydrogens (tertiary/aromatic N) is 1. The van der Waals surface area contributed by atoms with Gasteiger partial charge in [0.05, 0.1) is 4.90 Å². The lowest BCUT2D eigenvalue weighted by Gasteiger charge is -2.31. The highest BCUT2D eigenvalue weighted by molar-refractivity contribution is 7.89. The predicted molar refractivity (Wildman–Crippen MR) is 106 cm³/mol. The van der Waals surface area contributed by atoms with Crippen molar-refractivity contribution in [3.05, 3.63) is 59.7 Å². The molecule has 0 aliphatic carbocycles. The Morgan fingerprint density at radius 3 is 2.54 bits per heavy atom. The minimum absolute atomic E-state index is 0.0295. The maximum absolute atomic E-state index is 12.7. The van der Waals surface area contributed by atoms with Crippen LogP contribution in [0, 0.1) is 0 Å². The summed E-state index contributed by atoms with van der Waals surface area (Å²) in [7, 11) is -3.47. The summed E-state index contributed by atoms with van der Waals surface area (Å²) in [6.07, 6.45) is 2.15. The molecule has 4 rings (SSSR count). The number of rotatable bonds is 4. The van der Waals surface area contributed by atoms with Crippen molar-refractivity contribution in [3.8, 4) is 5.75 Å². The number of sulfonamides is 1. The zero-order valence-electron chi connectivity index (χ0n) is 15.8. The largest absolute Gasteiger partial charge is 0.490 e. The van der Waals surface area contributed by atoms with Crippen molar-refractivity contribution in [1.82, 2.24) is 9.62 Å². The van der Waals surface area contributed by atoms with Gasteiger partial charge in [-0.25, -0.2) is 8.42 Å². The van der Waals surface area contributed by atoms with Gasteiger partial charge in [0, 0.05) is 31.1 Å². The first-order chi connectivity index (χ1) is 13.4. The zero-order chi connectivity index (χ0) is 19.7. The molecule has 0 aromatic heterocycles. The van der Waals surface area contributed by atoms with Crippen molar-refractivity contribution in [2.24, 2.45) is 0 Å². The number of benzene rings is 2. The molecule has 0 bridgehead atoms. The Hall–Kier alpha value is -2.38. The molecular weight excluding hydrogens is 376 g/mol. The number of carbonyl (C=O) groups excluding carboxylic acids is 1. The number of hydrogen-bond donors (Lipinski definition) is 1. The molecule has 2 heterocycles. The van der Waals surface area contributed by atoms with Crippen molar-refractivity contribution in [2.75, 3.05) is 13.1 Å². The molecule has 2 aliphatic heterocycles. The highest BCUT2D eigenvalue weighted by atomic mass is 32.2. The van der Waals surface area contributed by atoms with E-state index in [1.165, 1.54) is 4.31 Å². The van der Waals surface area contributed by atoms with Crippen molar-refractivity contribution in [2.45, 2.75) is 43.2 Å². The molecule has 6 nitrogen and oxygen atoms in total. The van der Waals surface area contributed by atoms with Gasteiger partial charge in [0.15, 0.2) is 0 Å². The van der Waals surface area contributed by atoms with E-state index in [1.54, 1.807) is 36.4 Å². The van der Waals surface area contributed by atoms with E-state index in [4.69, 9.17) is 4.74 Å². The Bertz CT molecular complexity index is 967. The molecule has 2 aromatic carbocycles. The summed E-state index contributed by atoms with van der Waals surface area (Å²) >= 11 is 0. The SMILES string of the molecule is C[C@H]1Cc2cc(C(=O)NC3CCN(S(=O)(=O)c4ccccc4)CC3)ccc2O1. The van der Waals surface area contributed by atoms with Crippen LogP contribution in [0.3, 0.4) is 0 Å². The van der Waals surface area contributed by atoms with Gasteiger partial charge >= 0.3 is 0 Å². The molecule has 7 heteroatoms. The van der Waals surface area contributed by atoms with Crippen LogP contribution in [-0.4, -0.2) is 43.9 Å². The van der Waals surface area contributed by atoms with E-state index in [2.05, 4.69) is 5.32 Å². The minimum atomic E-state index is -3.47. The zero-order valence-corrected chi connectivity index (χ0v) is 16.6. The quantitative estimate of drug-likeness (QED) is 0.856. The second-order valence-electron chi connectivity index (χ2n) is 7.42. The van der Waals surface area contributed by atoms with Crippen LogP contribution in [-0.2, 0) is 16.4 Å². The number of amides is 1. The third kappa shape index (κ3) is 3.77. The molecular formula is C21H24N2O4S. The number of ether oxygens (including phenoxy) is 1. The highest BCUT2D eigenvalue weighted by Crippen LogP contribution is 2.29. The van der Waals surface area contributed by atoms with Crippen molar-refractivity contribution < 1.29 is 17.9 Å². The van der Waals surface area contributed by atoms with Gasteiger partial charge in [-0.1, -0.05) is 18.2 Å². The maximum Gasteiger partial charge on any atom is 0.251 e. The van der Waals surface area contributed by atoms with Crippen molar-refractivity contribution in [1.29, 1.82) is 0 Å². The van der Waals surface area contributed by atoms with Gasteiger partial charge in [0.2, 0.25) is 10.0 Å². The number of piperidine rings is 1.